The summed E-state index contributed by atoms with van der Waals surface area (Å²) in [6, 6.07) is 7.35. The van der Waals surface area contributed by atoms with E-state index < -0.39 is 15.7 Å². The van der Waals surface area contributed by atoms with Crippen molar-refractivity contribution < 1.29 is 26.9 Å². The van der Waals surface area contributed by atoms with Crippen LogP contribution in [0.15, 0.2) is 24.3 Å². The summed E-state index contributed by atoms with van der Waals surface area (Å²) < 4.78 is 37.3. The van der Waals surface area contributed by atoms with Crippen molar-refractivity contribution in [3.8, 4) is 5.75 Å². The van der Waals surface area contributed by atoms with E-state index in [1.165, 1.54) is 0 Å². The van der Waals surface area contributed by atoms with Crippen LogP contribution in [-0.4, -0.2) is 39.5 Å². The van der Waals surface area contributed by atoms with Gasteiger partial charge in [0.05, 0.1) is 19.5 Å². The predicted octanol–water partition coefficient (Wildman–Crippen LogP) is 2.71. The highest BCUT2D eigenvalue weighted by molar-refractivity contribution is 7.85. The van der Waals surface area contributed by atoms with Gasteiger partial charge in [0, 0.05) is 0 Å². The molecule has 0 fully saturated rings. The molecule has 0 spiro atoms. The van der Waals surface area contributed by atoms with E-state index in [9.17, 15) is 13.2 Å². The summed E-state index contributed by atoms with van der Waals surface area (Å²) in [6.07, 6.45) is 2.82. The van der Waals surface area contributed by atoms with Crippen molar-refractivity contribution in [1.29, 1.82) is 0 Å². The molecule has 0 bridgehead atoms. The van der Waals surface area contributed by atoms with Crippen LogP contribution in [0.5, 0.6) is 5.75 Å². The topological polar surface area (TPSA) is 78.9 Å². The van der Waals surface area contributed by atoms with Crippen LogP contribution in [0.3, 0.4) is 0 Å². The summed E-state index contributed by atoms with van der Waals surface area (Å²) >= 11 is 0. The molecule has 136 valence electrons. The summed E-state index contributed by atoms with van der Waals surface area (Å²) in [5, 5.41) is 0. The second kappa shape index (κ2) is 9.03. The summed E-state index contributed by atoms with van der Waals surface area (Å²) in [5.41, 5.74) is 0.0229. The second-order valence-electron chi connectivity index (χ2n) is 5.68. The molecule has 24 heavy (non-hydrogen) atoms. The van der Waals surface area contributed by atoms with Gasteiger partial charge in [-0.05, 0) is 50.8 Å². The number of carbonyl (C=O) groups excluding carboxylic acids is 1. The molecule has 0 saturated heterocycles. The van der Waals surface area contributed by atoms with Crippen molar-refractivity contribution >= 4 is 16.1 Å². The monoisotopic (exact) mass is 358 g/mol. The zero-order valence-electron chi connectivity index (χ0n) is 14.7. The molecule has 1 unspecified atom stereocenters. The van der Waals surface area contributed by atoms with Gasteiger partial charge in [-0.1, -0.05) is 19.1 Å². The van der Waals surface area contributed by atoms with Gasteiger partial charge >= 0.3 is 5.97 Å². The Labute approximate surface area is 144 Å². The average Bonchev–Trinajstić information content (AvgIpc) is 2.52. The van der Waals surface area contributed by atoms with Crippen LogP contribution < -0.4 is 4.74 Å². The number of hydrogen-bond donors (Lipinski definition) is 0. The summed E-state index contributed by atoms with van der Waals surface area (Å²) in [7, 11) is -3.39. The van der Waals surface area contributed by atoms with Gasteiger partial charge in [-0.2, -0.15) is 8.42 Å². The Morgan fingerprint density at radius 3 is 2.29 bits per heavy atom. The van der Waals surface area contributed by atoms with Gasteiger partial charge in [0.15, 0.2) is 0 Å². The Morgan fingerprint density at radius 1 is 1.17 bits per heavy atom. The fourth-order valence-corrected chi connectivity index (χ4v) is 2.43. The van der Waals surface area contributed by atoms with Gasteiger partial charge in [0.2, 0.25) is 5.60 Å². The Kier molecular flexibility index (Phi) is 7.69. The summed E-state index contributed by atoms with van der Waals surface area (Å²) in [4.78, 5) is 12.0. The molecule has 1 aromatic rings. The molecular weight excluding hydrogens is 332 g/mol. The molecule has 0 radical (unpaired) electrons. The molecule has 0 aliphatic rings. The number of carbonyl (C=O) groups is 1. The predicted molar refractivity (Wildman–Crippen MR) is 91.5 cm³/mol. The minimum atomic E-state index is -3.39. The van der Waals surface area contributed by atoms with Crippen LogP contribution in [0.2, 0.25) is 0 Å². The van der Waals surface area contributed by atoms with Gasteiger partial charge in [0.25, 0.3) is 10.1 Å². The van der Waals surface area contributed by atoms with E-state index in [0.29, 0.717) is 31.6 Å². The van der Waals surface area contributed by atoms with Crippen molar-refractivity contribution in [2.24, 2.45) is 0 Å². The van der Waals surface area contributed by atoms with E-state index in [1.807, 2.05) is 19.1 Å². The molecule has 0 aromatic heterocycles. The lowest BCUT2D eigenvalue weighted by Crippen LogP contribution is -2.42. The smallest absolute Gasteiger partial charge is 0.350 e. The van der Waals surface area contributed by atoms with Crippen molar-refractivity contribution in [2.75, 3.05) is 19.5 Å². The Bertz CT molecular complexity index is 623. The largest absolute Gasteiger partial charge is 0.476 e. The maximum Gasteiger partial charge on any atom is 0.350 e. The molecule has 1 aromatic carbocycles. The molecule has 1 atom stereocenters. The first-order chi connectivity index (χ1) is 11.2. The highest BCUT2D eigenvalue weighted by Gasteiger charge is 2.35. The third-order valence-electron chi connectivity index (χ3n) is 3.56. The molecule has 0 amide bonds. The third-order valence-corrected chi connectivity index (χ3v) is 4.15. The van der Waals surface area contributed by atoms with Crippen LogP contribution in [0.4, 0.5) is 0 Å². The van der Waals surface area contributed by atoms with Gasteiger partial charge in [-0.15, -0.1) is 0 Å². The fraction of sp³-hybridized carbons (Fsp3) is 0.588. The van der Waals surface area contributed by atoms with Crippen LogP contribution >= 0.6 is 0 Å². The molecule has 6 nitrogen and oxygen atoms in total. The Hall–Kier alpha value is -1.60. The quantitative estimate of drug-likeness (QED) is 0.363. The number of rotatable bonds is 10. The minimum Gasteiger partial charge on any atom is -0.476 e. The first kappa shape index (κ1) is 20.4. The Balaban J connectivity index is 2.59. The number of aryl methyl sites for hydroxylation is 1. The molecule has 0 aliphatic heterocycles. The zero-order valence-corrected chi connectivity index (χ0v) is 15.5. The van der Waals surface area contributed by atoms with Crippen molar-refractivity contribution in [1.82, 2.24) is 0 Å². The minimum absolute atomic E-state index is 0.161. The molecule has 0 saturated carbocycles. The average molecular weight is 358 g/mol. The van der Waals surface area contributed by atoms with E-state index in [0.717, 1.165) is 11.8 Å². The fourth-order valence-electron chi connectivity index (χ4n) is 2.01. The molecule has 0 N–H and O–H groups in total. The van der Waals surface area contributed by atoms with Gasteiger partial charge < -0.3 is 9.47 Å². The number of hydrogen-bond acceptors (Lipinski definition) is 6. The highest BCUT2D eigenvalue weighted by Crippen LogP contribution is 2.23. The normalized spacial score (nSPS) is 14.0. The summed E-state index contributed by atoms with van der Waals surface area (Å²) in [5.74, 6) is 0.207. The highest BCUT2D eigenvalue weighted by atomic mass is 32.2. The Morgan fingerprint density at radius 2 is 1.79 bits per heavy atom. The summed E-state index contributed by atoms with van der Waals surface area (Å²) in [6.45, 7) is 5.81. The van der Waals surface area contributed by atoms with Gasteiger partial charge in [-0.25, -0.2) is 4.79 Å². The van der Waals surface area contributed by atoms with E-state index in [2.05, 4.69) is 0 Å². The van der Waals surface area contributed by atoms with E-state index >= 15 is 0 Å². The van der Waals surface area contributed by atoms with Crippen molar-refractivity contribution in [2.45, 2.75) is 45.6 Å². The lowest BCUT2D eigenvalue weighted by molar-refractivity contribution is -0.160. The lowest BCUT2D eigenvalue weighted by atomic mass is 10.0. The van der Waals surface area contributed by atoms with E-state index in [1.54, 1.807) is 26.0 Å². The zero-order chi connectivity index (χ0) is 18.2. The number of ether oxygens (including phenoxy) is 2. The maximum atomic E-state index is 12.0. The van der Waals surface area contributed by atoms with Crippen LogP contribution in [0.25, 0.3) is 0 Å². The second-order valence-corrected chi connectivity index (χ2v) is 7.32. The van der Waals surface area contributed by atoms with Gasteiger partial charge in [-0.3, -0.25) is 4.18 Å². The van der Waals surface area contributed by atoms with Crippen molar-refractivity contribution in [3.05, 3.63) is 29.8 Å². The van der Waals surface area contributed by atoms with Crippen molar-refractivity contribution in [3.63, 3.8) is 0 Å². The molecule has 0 aliphatic carbocycles. The first-order valence-corrected chi connectivity index (χ1v) is 9.81. The molecule has 7 heteroatoms. The maximum absolute atomic E-state index is 12.0. The first-order valence-electron chi connectivity index (χ1n) is 7.99. The van der Waals surface area contributed by atoms with Crippen LogP contribution in [0, 0.1) is 0 Å². The number of esters is 1. The lowest BCUT2D eigenvalue weighted by Gasteiger charge is -2.27. The van der Waals surface area contributed by atoms with E-state index in [-0.39, 0.29) is 12.6 Å². The number of benzene rings is 1. The molecule has 1 rings (SSSR count). The van der Waals surface area contributed by atoms with Crippen LogP contribution in [-0.2, 0) is 30.3 Å². The third kappa shape index (κ3) is 6.88. The SMILES string of the molecule is CCOC(=O)C(C)(CC)Oc1ccc(CCCOS(C)(=O)=O)cc1. The molecule has 0 heterocycles. The van der Waals surface area contributed by atoms with Crippen LogP contribution in [0.1, 0.15) is 39.2 Å². The van der Waals surface area contributed by atoms with E-state index in [4.69, 9.17) is 13.7 Å². The molecular formula is C17H26O6S. The van der Waals surface area contributed by atoms with Gasteiger partial charge in [0.1, 0.15) is 5.75 Å². The standard InChI is InChI=1S/C17H26O6S/c1-5-17(3,16(18)21-6-2)23-15-11-9-14(10-12-15)8-7-13-22-24(4,19)20/h9-12H,5-8,13H2,1-4H3.